The lowest BCUT2D eigenvalue weighted by Gasteiger charge is -2.58. The van der Waals surface area contributed by atoms with Gasteiger partial charge in [-0.2, -0.15) is 23.5 Å². The highest BCUT2D eigenvalue weighted by Crippen LogP contribution is 2.65. The first-order valence-corrected chi connectivity index (χ1v) is 17.5. The minimum absolute atomic E-state index is 0.556. The molecule has 2 nitrogen and oxygen atoms in total. The third kappa shape index (κ3) is 3.49. The van der Waals surface area contributed by atoms with Crippen LogP contribution in [0.1, 0.15) is 109 Å². The van der Waals surface area contributed by atoms with Crippen molar-refractivity contribution in [1.82, 2.24) is 4.90 Å². The molecule has 0 aromatic heterocycles. The van der Waals surface area contributed by atoms with Gasteiger partial charge in [-0.25, -0.2) is 0 Å². The molecule has 5 aliphatic carbocycles. The highest BCUT2D eigenvalue weighted by atomic mass is 32.2. The van der Waals surface area contributed by atoms with Gasteiger partial charge in [-0.15, -0.1) is 0 Å². The van der Waals surface area contributed by atoms with Crippen molar-refractivity contribution in [3.05, 3.63) is 0 Å². The van der Waals surface area contributed by atoms with Gasteiger partial charge in [0, 0.05) is 39.1 Å². The number of hydrogen-bond acceptors (Lipinski definition) is 4. The topological polar surface area (TPSA) is 12.5 Å². The van der Waals surface area contributed by atoms with Crippen molar-refractivity contribution in [2.45, 2.75) is 160 Å². The van der Waals surface area contributed by atoms with Crippen LogP contribution >= 0.6 is 23.5 Å². The molecule has 3 aliphatic heterocycles. The molecule has 13 atom stereocenters. The summed E-state index contributed by atoms with van der Waals surface area (Å²) in [7, 11) is 0. The second kappa shape index (κ2) is 9.12. The van der Waals surface area contributed by atoms with Gasteiger partial charge in [-0.3, -0.25) is 4.90 Å². The molecule has 0 N–H and O–H groups in total. The quantitative estimate of drug-likeness (QED) is 0.374. The van der Waals surface area contributed by atoms with Crippen LogP contribution in [0.2, 0.25) is 0 Å². The summed E-state index contributed by atoms with van der Waals surface area (Å²) in [4.78, 5) is 3.22. The number of thioether (sulfide) groups is 2. The van der Waals surface area contributed by atoms with Gasteiger partial charge in [-0.05, 0) is 87.9 Å². The van der Waals surface area contributed by atoms with E-state index in [1.54, 1.807) is 32.1 Å². The highest BCUT2D eigenvalue weighted by Gasteiger charge is 2.60. The molecule has 8 aliphatic rings. The van der Waals surface area contributed by atoms with E-state index in [1.807, 2.05) is 0 Å². The maximum Gasteiger partial charge on any atom is 0.0735 e. The molecule has 4 heteroatoms. The first kappa shape index (κ1) is 22.6. The van der Waals surface area contributed by atoms with E-state index < -0.39 is 0 Å². The van der Waals surface area contributed by atoms with Crippen molar-refractivity contribution >= 4 is 23.5 Å². The molecule has 0 aromatic rings. The molecule has 190 valence electrons. The number of nitrogens with zero attached hydrogens (tertiary/aromatic N) is 1. The second-order valence-corrected chi connectivity index (χ2v) is 16.4. The molecule has 0 spiro atoms. The molecule has 5 saturated carbocycles. The van der Waals surface area contributed by atoms with Crippen molar-refractivity contribution in [2.24, 2.45) is 23.7 Å². The molecule has 0 amide bonds. The van der Waals surface area contributed by atoms with Crippen LogP contribution in [0, 0.1) is 23.7 Å². The molecule has 3 heterocycles. The van der Waals surface area contributed by atoms with Crippen molar-refractivity contribution < 1.29 is 4.74 Å². The first-order chi connectivity index (χ1) is 16.9. The molecular weight excluding hydrogens is 454 g/mol. The van der Waals surface area contributed by atoms with E-state index in [2.05, 4.69) is 28.4 Å². The van der Waals surface area contributed by atoms with Gasteiger partial charge in [-0.1, -0.05) is 44.9 Å². The number of morpholine rings is 1. The fraction of sp³-hybridized carbons (Fsp3) is 1.00. The Hall–Kier alpha value is 0.620. The van der Waals surface area contributed by atoms with Gasteiger partial charge in [0.1, 0.15) is 0 Å². The van der Waals surface area contributed by atoms with Crippen LogP contribution in [0.15, 0.2) is 0 Å². The molecule has 8 fully saturated rings. The van der Waals surface area contributed by atoms with Crippen LogP contribution in [0.5, 0.6) is 0 Å². The summed E-state index contributed by atoms with van der Waals surface area (Å²) in [6, 6.07) is 2.36. The normalized spacial score (nSPS) is 57.0. The van der Waals surface area contributed by atoms with Crippen molar-refractivity contribution in [3.8, 4) is 0 Å². The Morgan fingerprint density at radius 2 is 1.12 bits per heavy atom. The zero-order valence-corrected chi connectivity index (χ0v) is 22.8. The first-order valence-electron chi connectivity index (χ1n) is 15.6. The van der Waals surface area contributed by atoms with Gasteiger partial charge >= 0.3 is 0 Å². The maximum atomic E-state index is 6.89. The molecule has 3 saturated heterocycles. The Kier molecular flexibility index (Phi) is 6.06. The molecule has 8 rings (SSSR count). The summed E-state index contributed by atoms with van der Waals surface area (Å²) < 4.78 is 6.89. The Morgan fingerprint density at radius 1 is 0.471 bits per heavy atom. The number of ether oxygens (including phenoxy) is 1. The predicted molar refractivity (Wildman–Crippen MR) is 145 cm³/mol. The molecule has 0 aromatic carbocycles. The minimum Gasteiger partial charge on any atom is -0.372 e. The third-order valence-corrected chi connectivity index (χ3v) is 15.9. The van der Waals surface area contributed by atoms with Gasteiger partial charge in [0.15, 0.2) is 0 Å². The lowest BCUT2D eigenvalue weighted by Crippen LogP contribution is -2.67. The van der Waals surface area contributed by atoms with Crippen LogP contribution < -0.4 is 0 Å². The van der Waals surface area contributed by atoms with Crippen LogP contribution in [-0.4, -0.2) is 56.2 Å². The second-order valence-electron chi connectivity index (χ2n) is 13.6. The van der Waals surface area contributed by atoms with Crippen LogP contribution in [0.3, 0.4) is 0 Å². The van der Waals surface area contributed by atoms with E-state index in [0.717, 1.165) is 62.8 Å². The Balaban J connectivity index is 1.10. The third-order valence-electron chi connectivity index (χ3n) is 12.1. The summed E-state index contributed by atoms with van der Waals surface area (Å²) in [5.74, 6) is 4.25. The predicted octanol–water partition coefficient (Wildman–Crippen LogP) is 7.29. The summed E-state index contributed by atoms with van der Waals surface area (Å²) >= 11 is 5.07. The maximum absolute atomic E-state index is 6.89. The Bertz CT molecular complexity index is 740. The zero-order valence-electron chi connectivity index (χ0n) is 21.2. The van der Waals surface area contributed by atoms with E-state index in [4.69, 9.17) is 4.74 Å². The van der Waals surface area contributed by atoms with Gasteiger partial charge < -0.3 is 4.74 Å². The lowest BCUT2D eigenvalue weighted by molar-refractivity contribution is -0.190. The molecule has 0 radical (unpaired) electrons. The fourth-order valence-electron chi connectivity index (χ4n) is 10.9. The average molecular weight is 502 g/mol. The average Bonchev–Trinajstić information content (AvgIpc) is 3.45. The summed E-state index contributed by atoms with van der Waals surface area (Å²) in [6.45, 7) is 0. The van der Waals surface area contributed by atoms with Crippen LogP contribution in [0.4, 0.5) is 0 Å². The van der Waals surface area contributed by atoms with Crippen LogP contribution in [0.25, 0.3) is 0 Å². The SMILES string of the molecule is C1CCC2C(C1)OC1CCCCC1N2C1CCCC2C3CCC4SC5CCCCC5C4C3SC21. The Morgan fingerprint density at radius 3 is 1.94 bits per heavy atom. The summed E-state index contributed by atoms with van der Waals surface area (Å²) in [6.07, 6.45) is 26.2. The van der Waals surface area contributed by atoms with Crippen LogP contribution in [-0.2, 0) is 4.74 Å². The highest BCUT2D eigenvalue weighted by molar-refractivity contribution is 8.02. The molecule has 13 unspecified atom stereocenters. The van der Waals surface area contributed by atoms with Crippen molar-refractivity contribution in [3.63, 3.8) is 0 Å². The standard InChI is InChI=1S/C30H47NOS2/c1-6-15-26-20(8-1)28-27(33-26)17-16-19-18-9-7-12-23(29(18)34-30(19)28)31-21-10-2-4-13-24(21)32-25-14-5-3-11-22(25)31/h18-30H,1-17H2. The molecule has 34 heavy (non-hydrogen) atoms. The van der Waals surface area contributed by atoms with E-state index in [1.165, 1.54) is 77.0 Å². The van der Waals surface area contributed by atoms with Crippen molar-refractivity contribution in [1.29, 1.82) is 0 Å². The smallest absolute Gasteiger partial charge is 0.0735 e. The number of hydrogen-bond donors (Lipinski definition) is 0. The van der Waals surface area contributed by atoms with E-state index in [-0.39, 0.29) is 0 Å². The van der Waals surface area contributed by atoms with E-state index in [0.29, 0.717) is 12.2 Å². The molecular formula is C30H47NOS2. The monoisotopic (exact) mass is 501 g/mol. The largest absolute Gasteiger partial charge is 0.372 e. The fourth-order valence-corrected chi connectivity index (χ4v) is 15.6. The van der Waals surface area contributed by atoms with Gasteiger partial charge in [0.2, 0.25) is 0 Å². The van der Waals surface area contributed by atoms with E-state index >= 15 is 0 Å². The minimum atomic E-state index is 0.556. The Labute approximate surface area is 216 Å². The van der Waals surface area contributed by atoms with Gasteiger partial charge in [0.25, 0.3) is 0 Å². The molecule has 0 bridgehead atoms. The number of fused-ring (bicyclic) bond motifs is 9. The lowest BCUT2D eigenvalue weighted by atomic mass is 9.64. The zero-order chi connectivity index (χ0) is 22.2. The number of rotatable bonds is 1. The summed E-state index contributed by atoms with van der Waals surface area (Å²) in [5.41, 5.74) is 0. The van der Waals surface area contributed by atoms with Crippen molar-refractivity contribution in [2.75, 3.05) is 0 Å². The van der Waals surface area contributed by atoms with Gasteiger partial charge in [0.05, 0.1) is 12.2 Å². The van der Waals surface area contributed by atoms with E-state index in [9.17, 15) is 0 Å². The summed E-state index contributed by atoms with van der Waals surface area (Å²) in [5, 5.41) is 4.01.